The minimum Gasteiger partial charge on any atom is -0.451 e. The summed E-state index contributed by atoms with van der Waals surface area (Å²) in [7, 11) is 0. The molecule has 9 heteroatoms. The van der Waals surface area contributed by atoms with Crippen LogP contribution < -0.4 is 0 Å². The van der Waals surface area contributed by atoms with Crippen LogP contribution in [-0.4, -0.2) is 21.1 Å². The van der Waals surface area contributed by atoms with Crippen molar-refractivity contribution in [1.29, 1.82) is 0 Å². The number of carbonyl (C=O) groups is 1. The van der Waals surface area contributed by atoms with E-state index in [9.17, 15) is 9.18 Å². The van der Waals surface area contributed by atoms with Crippen LogP contribution in [0.25, 0.3) is 11.4 Å². The van der Waals surface area contributed by atoms with E-state index in [-0.39, 0.29) is 40.0 Å². The van der Waals surface area contributed by atoms with Gasteiger partial charge in [0.15, 0.2) is 12.3 Å². The fourth-order valence-electron chi connectivity index (χ4n) is 1.92. The third-order valence-corrected chi connectivity index (χ3v) is 3.75. The number of hydrogen-bond acceptors (Lipinski definition) is 6. The third-order valence-electron chi connectivity index (χ3n) is 3.23. The van der Waals surface area contributed by atoms with Crippen LogP contribution in [0.2, 0.25) is 10.2 Å². The Bertz CT molecular complexity index is 946. The first-order valence-electron chi connectivity index (χ1n) is 7.02. The molecule has 25 heavy (non-hydrogen) atoms. The quantitative estimate of drug-likeness (QED) is 0.496. The van der Waals surface area contributed by atoms with Crippen LogP contribution in [0.15, 0.2) is 34.9 Å². The zero-order valence-electron chi connectivity index (χ0n) is 12.8. The van der Waals surface area contributed by atoms with Crippen LogP contribution >= 0.6 is 23.2 Å². The molecule has 0 saturated carbocycles. The van der Waals surface area contributed by atoms with Crippen LogP contribution in [0.5, 0.6) is 0 Å². The molecule has 0 N–H and O–H groups in total. The number of halogens is 3. The zero-order chi connectivity index (χ0) is 18.0. The maximum atomic E-state index is 13.6. The van der Waals surface area contributed by atoms with E-state index in [0.29, 0.717) is 11.1 Å². The second kappa shape index (κ2) is 7.16. The monoisotopic (exact) mass is 381 g/mol. The molecule has 0 fully saturated rings. The Morgan fingerprint density at radius 2 is 2.04 bits per heavy atom. The topological polar surface area (TPSA) is 78.1 Å². The van der Waals surface area contributed by atoms with Gasteiger partial charge in [0.25, 0.3) is 5.89 Å². The van der Waals surface area contributed by atoms with Crippen LogP contribution in [-0.2, 0) is 11.3 Å². The molecule has 128 valence electrons. The summed E-state index contributed by atoms with van der Waals surface area (Å²) in [6, 6.07) is 7.45. The summed E-state index contributed by atoms with van der Waals surface area (Å²) in [5.41, 5.74) is 0.839. The number of aromatic nitrogens is 3. The molecule has 2 heterocycles. The summed E-state index contributed by atoms with van der Waals surface area (Å²) in [5, 5.41) is 3.95. The highest BCUT2D eigenvalue weighted by Gasteiger charge is 2.17. The fraction of sp³-hybridized carbons (Fsp3) is 0.125. The van der Waals surface area contributed by atoms with Crippen molar-refractivity contribution in [1.82, 2.24) is 15.1 Å². The lowest BCUT2D eigenvalue weighted by molar-refractivity contribution is 0.0423. The van der Waals surface area contributed by atoms with E-state index in [1.165, 1.54) is 18.2 Å². The molecular weight excluding hydrogens is 372 g/mol. The second-order valence-corrected chi connectivity index (χ2v) is 5.81. The maximum absolute atomic E-state index is 13.6. The Morgan fingerprint density at radius 3 is 2.80 bits per heavy atom. The van der Waals surface area contributed by atoms with E-state index in [1.807, 2.05) is 0 Å². The third kappa shape index (κ3) is 3.94. The molecule has 0 unspecified atom stereocenters. The number of aryl methyl sites for hydroxylation is 1. The molecule has 3 aromatic rings. The van der Waals surface area contributed by atoms with Gasteiger partial charge in [-0.25, -0.2) is 14.2 Å². The Morgan fingerprint density at radius 1 is 1.24 bits per heavy atom. The molecule has 0 aliphatic heterocycles. The van der Waals surface area contributed by atoms with Gasteiger partial charge in [-0.15, -0.1) is 0 Å². The predicted molar refractivity (Wildman–Crippen MR) is 87.8 cm³/mol. The van der Waals surface area contributed by atoms with Gasteiger partial charge >= 0.3 is 5.97 Å². The number of carbonyl (C=O) groups excluding carboxylic acids is 1. The largest absolute Gasteiger partial charge is 0.451 e. The average Bonchev–Trinajstić information content (AvgIpc) is 3.06. The normalized spacial score (nSPS) is 10.7. The number of rotatable bonds is 4. The summed E-state index contributed by atoms with van der Waals surface area (Å²) in [5.74, 6) is -0.933. The van der Waals surface area contributed by atoms with Gasteiger partial charge in [-0.2, -0.15) is 4.98 Å². The van der Waals surface area contributed by atoms with E-state index >= 15 is 0 Å². The van der Waals surface area contributed by atoms with Crippen molar-refractivity contribution in [3.8, 4) is 11.4 Å². The standard InChI is InChI=1S/C16H10Cl2FN3O3/c1-8-2-3-9(6-11(8)19)15-21-13(25-22-15)7-24-16(23)14-10(17)4-5-12(18)20-14/h2-6H,7H2,1H3. The van der Waals surface area contributed by atoms with Gasteiger partial charge in [0.1, 0.15) is 11.0 Å². The molecule has 1 aromatic carbocycles. The molecular formula is C16H10Cl2FN3O3. The molecule has 6 nitrogen and oxygen atoms in total. The predicted octanol–water partition coefficient (Wildman–Crippen LogP) is 4.24. The highest BCUT2D eigenvalue weighted by atomic mass is 35.5. The van der Waals surface area contributed by atoms with Gasteiger partial charge in [0.2, 0.25) is 5.82 Å². The van der Waals surface area contributed by atoms with Gasteiger partial charge in [0.05, 0.1) is 5.02 Å². The van der Waals surface area contributed by atoms with Crippen molar-refractivity contribution in [2.24, 2.45) is 0 Å². The van der Waals surface area contributed by atoms with Crippen LogP contribution in [0, 0.1) is 12.7 Å². The van der Waals surface area contributed by atoms with E-state index < -0.39 is 5.97 Å². The Labute approximate surface area is 151 Å². The first-order valence-corrected chi connectivity index (χ1v) is 7.78. The highest BCUT2D eigenvalue weighted by molar-refractivity contribution is 6.34. The molecule has 2 aromatic heterocycles. The smallest absolute Gasteiger partial charge is 0.359 e. The molecule has 0 radical (unpaired) electrons. The summed E-state index contributed by atoms with van der Waals surface area (Å²) in [6.07, 6.45) is 0. The Balaban J connectivity index is 1.70. The SMILES string of the molecule is Cc1ccc(-c2noc(COC(=O)c3nc(Cl)ccc3Cl)n2)cc1F. The lowest BCUT2D eigenvalue weighted by atomic mass is 10.1. The van der Waals surface area contributed by atoms with Crippen LogP contribution in [0.4, 0.5) is 4.39 Å². The minimum atomic E-state index is -0.784. The first-order chi connectivity index (χ1) is 11.9. The van der Waals surface area contributed by atoms with Gasteiger partial charge in [0, 0.05) is 5.56 Å². The van der Waals surface area contributed by atoms with Crippen molar-refractivity contribution in [2.75, 3.05) is 0 Å². The van der Waals surface area contributed by atoms with Crippen LogP contribution in [0.1, 0.15) is 21.9 Å². The molecule has 0 aliphatic carbocycles. The molecule has 0 aliphatic rings. The lowest BCUT2D eigenvalue weighted by Gasteiger charge is -2.03. The number of ether oxygens (including phenoxy) is 1. The van der Waals surface area contributed by atoms with E-state index in [1.54, 1.807) is 19.1 Å². The number of esters is 1. The molecule has 0 bridgehead atoms. The highest BCUT2D eigenvalue weighted by Crippen LogP contribution is 2.20. The number of nitrogens with zero attached hydrogens (tertiary/aromatic N) is 3. The Kier molecular flexibility index (Phi) is 4.96. The van der Waals surface area contributed by atoms with Gasteiger partial charge in [-0.1, -0.05) is 40.5 Å². The number of benzene rings is 1. The zero-order valence-corrected chi connectivity index (χ0v) is 14.3. The van der Waals surface area contributed by atoms with Crippen molar-refractivity contribution >= 4 is 29.2 Å². The minimum absolute atomic E-state index is 0.0440. The van der Waals surface area contributed by atoms with Crippen LogP contribution in [0.3, 0.4) is 0 Å². The Hall–Kier alpha value is -2.51. The van der Waals surface area contributed by atoms with E-state index in [2.05, 4.69) is 15.1 Å². The summed E-state index contributed by atoms with van der Waals surface area (Å²) in [6.45, 7) is 1.36. The molecule has 0 amide bonds. The van der Waals surface area contributed by atoms with E-state index in [0.717, 1.165) is 0 Å². The van der Waals surface area contributed by atoms with Gasteiger partial charge < -0.3 is 9.26 Å². The van der Waals surface area contributed by atoms with Gasteiger partial charge in [-0.3, -0.25) is 0 Å². The molecule has 3 rings (SSSR count). The summed E-state index contributed by atoms with van der Waals surface area (Å²) in [4.78, 5) is 19.8. The van der Waals surface area contributed by atoms with Crippen molar-refractivity contribution in [2.45, 2.75) is 13.5 Å². The second-order valence-electron chi connectivity index (χ2n) is 5.02. The first kappa shape index (κ1) is 17.3. The number of hydrogen-bond donors (Lipinski definition) is 0. The summed E-state index contributed by atoms with van der Waals surface area (Å²) >= 11 is 11.6. The molecule has 0 saturated heterocycles. The van der Waals surface area contributed by atoms with Crippen molar-refractivity contribution in [3.05, 3.63) is 63.5 Å². The average molecular weight is 382 g/mol. The number of pyridine rings is 1. The van der Waals surface area contributed by atoms with Crippen molar-refractivity contribution < 1.29 is 18.4 Å². The lowest BCUT2D eigenvalue weighted by Crippen LogP contribution is -2.08. The van der Waals surface area contributed by atoms with Crippen molar-refractivity contribution in [3.63, 3.8) is 0 Å². The van der Waals surface area contributed by atoms with E-state index in [4.69, 9.17) is 32.5 Å². The molecule has 0 spiro atoms. The summed E-state index contributed by atoms with van der Waals surface area (Å²) < 4.78 is 23.6. The maximum Gasteiger partial charge on any atom is 0.359 e. The van der Waals surface area contributed by atoms with Gasteiger partial charge in [-0.05, 0) is 30.7 Å². The fourth-order valence-corrected chi connectivity index (χ4v) is 2.25. The molecule has 0 atom stereocenters.